The number of nitrogens with one attached hydrogen (secondary N) is 4. The molecule has 11 nitrogen and oxygen atoms in total. The zero-order valence-electron chi connectivity index (χ0n) is 20.0. The van der Waals surface area contributed by atoms with E-state index in [0.29, 0.717) is 37.4 Å². The van der Waals surface area contributed by atoms with Crippen molar-refractivity contribution in [2.75, 3.05) is 19.6 Å². The second-order valence-corrected chi connectivity index (χ2v) is 11.3. The number of rotatable bonds is 9. The molecule has 4 aliphatic rings. The molecule has 0 radical (unpaired) electrons. The highest BCUT2D eigenvalue weighted by Crippen LogP contribution is 2.51. The van der Waals surface area contributed by atoms with Gasteiger partial charge in [-0.15, -0.1) is 11.8 Å². The number of hydrogen-bond acceptors (Lipinski definition) is 8. The molecule has 4 rings (SSSR count). The van der Waals surface area contributed by atoms with Crippen molar-refractivity contribution >= 4 is 35.5 Å². The molecule has 0 bridgehead atoms. The lowest BCUT2D eigenvalue weighted by Gasteiger charge is -2.47. The first kappa shape index (κ1) is 26.8. The normalized spacial score (nSPS) is 34.6. The highest BCUT2D eigenvalue weighted by molar-refractivity contribution is 8.03. The molecular weight excluding hydrogens is 498 g/mol. The van der Waals surface area contributed by atoms with E-state index in [9.17, 15) is 33.1 Å². The SMILES string of the molecule is CC(NC(=O)C(F)F)[C@H]1C(=O)N2C(C(=O)O)=C(S[C@@H]3CN[C@H](CNC(=O)[C@@H]4C[C@H](N)CN4)C3)[C@H](C)[C@H]12. The third kappa shape index (κ3) is 5.08. The van der Waals surface area contributed by atoms with Gasteiger partial charge in [0.2, 0.25) is 11.8 Å². The second kappa shape index (κ2) is 10.6. The maximum atomic E-state index is 12.8. The molecule has 7 N–H and O–H groups in total. The molecule has 0 aliphatic carbocycles. The van der Waals surface area contributed by atoms with Crippen LogP contribution < -0.4 is 27.0 Å². The minimum absolute atomic E-state index is 0.0168. The van der Waals surface area contributed by atoms with E-state index in [1.54, 1.807) is 0 Å². The lowest BCUT2D eigenvalue weighted by atomic mass is 9.78. The van der Waals surface area contributed by atoms with Crippen molar-refractivity contribution in [3.63, 3.8) is 0 Å². The molecule has 4 heterocycles. The number of carbonyl (C=O) groups excluding carboxylic acids is 3. The molecule has 8 atom stereocenters. The van der Waals surface area contributed by atoms with Gasteiger partial charge in [-0.25, -0.2) is 4.79 Å². The Balaban J connectivity index is 1.36. The van der Waals surface area contributed by atoms with Crippen LogP contribution in [0.1, 0.15) is 26.7 Å². The van der Waals surface area contributed by atoms with E-state index in [4.69, 9.17) is 5.73 Å². The van der Waals surface area contributed by atoms with E-state index in [-0.39, 0.29) is 40.9 Å². The molecule has 3 amide bonds. The van der Waals surface area contributed by atoms with Crippen LogP contribution in [-0.4, -0.2) is 95.2 Å². The number of amides is 3. The van der Waals surface area contributed by atoms with Crippen LogP contribution in [0.3, 0.4) is 0 Å². The second-order valence-electron chi connectivity index (χ2n) is 9.91. The van der Waals surface area contributed by atoms with Gasteiger partial charge in [0.15, 0.2) is 0 Å². The first-order valence-electron chi connectivity index (χ1n) is 12.0. The van der Waals surface area contributed by atoms with Crippen molar-refractivity contribution in [1.82, 2.24) is 26.2 Å². The molecule has 36 heavy (non-hydrogen) atoms. The van der Waals surface area contributed by atoms with Gasteiger partial charge in [-0.05, 0) is 19.8 Å². The summed E-state index contributed by atoms with van der Waals surface area (Å²) < 4.78 is 25.3. The largest absolute Gasteiger partial charge is 0.477 e. The van der Waals surface area contributed by atoms with Crippen LogP contribution in [0.25, 0.3) is 0 Å². The molecule has 3 saturated heterocycles. The highest BCUT2D eigenvalue weighted by Gasteiger charge is 2.60. The maximum Gasteiger partial charge on any atom is 0.353 e. The number of aliphatic carboxylic acids is 1. The number of carbonyl (C=O) groups is 4. The molecule has 0 spiro atoms. The number of carboxylic acid groups (broad SMARTS) is 1. The summed E-state index contributed by atoms with van der Waals surface area (Å²) in [6.45, 7) is 4.93. The smallest absolute Gasteiger partial charge is 0.353 e. The molecule has 4 aliphatic heterocycles. The van der Waals surface area contributed by atoms with Crippen LogP contribution in [-0.2, 0) is 19.2 Å². The molecule has 0 aromatic heterocycles. The fourth-order valence-corrected chi connectivity index (χ4v) is 7.11. The first-order valence-corrected chi connectivity index (χ1v) is 12.9. The third-order valence-corrected chi connectivity index (χ3v) is 8.89. The van der Waals surface area contributed by atoms with E-state index in [0.717, 1.165) is 0 Å². The summed E-state index contributed by atoms with van der Waals surface area (Å²) in [5.41, 5.74) is 5.76. The van der Waals surface area contributed by atoms with Gasteiger partial charge in [0.05, 0.1) is 18.0 Å². The Morgan fingerprint density at radius 1 is 1.25 bits per heavy atom. The molecule has 0 aromatic rings. The Hall–Kier alpha value is -2.29. The summed E-state index contributed by atoms with van der Waals surface area (Å²) in [4.78, 5) is 50.5. The topological polar surface area (TPSA) is 166 Å². The average molecular weight is 531 g/mol. The Labute approximate surface area is 211 Å². The van der Waals surface area contributed by atoms with Gasteiger partial charge in [-0.3, -0.25) is 14.4 Å². The van der Waals surface area contributed by atoms with Gasteiger partial charge in [0.1, 0.15) is 5.70 Å². The summed E-state index contributed by atoms with van der Waals surface area (Å²) in [6.07, 6.45) is -1.92. The van der Waals surface area contributed by atoms with E-state index < -0.39 is 42.2 Å². The van der Waals surface area contributed by atoms with Gasteiger partial charge >= 0.3 is 12.4 Å². The number of carboxylic acids is 1. The Bertz CT molecular complexity index is 967. The van der Waals surface area contributed by atoms with Crippen molar-refractivity contribution in [1.29, 1.82) is 0 Å². The molecule has 0 saturated carbocycles. The van der Waals surface area contributed by atoms with Crippen LogP contribution in [0.5, 0.6) is 0 Å². The van der Waals surface area contributed by atoms with E-state index in [1.807, 2.05) is 6.92 Å². The van der Waals surface area contributed by atoms with E-state index in [2.05, 4.69) is 21.3 Å². The Kier molecular flexibility index (Phi) is 7.88. The molecule has 3 fully saturated rings. The molecule has 1 unspecified atom stereocenters. The fourth-order valence-electron chi connectivity index (χ4n) is 5.59. The number of halogens is 2. The maximum absolute atomic E-state index is 12.8. The Morgan fingerprint density at radius 3 is 2.58 bits per heavy atom. The van der Waals surface area contributed by atoms with Crippen molar-refractivity contribution in [2.45, 2.75) is 68.6 Å². The number of β-lactam (4-membered cyclic amide) rings is 1. The quantitative estimate of drug-likeness (QED) is 0.201. The molecular formula is C22H32F2N6O5S. The summed E-state index contributed by atoms with van der Waals surface area (Å²) >= 11 is 1.40. The lowest BCUT2D eigenvalue weighted by molar-refractivity contribution is -0.159. The number of hydrogen-bond donors (Lipinski definition) is 6. The van der Waals surface area contributed by atoms with Crippen molar-refractivity contribution in [3.8, 4) is 0 Å². The first-order chi connectivity index (χ1) is 17.0. The minimum Gasteiger partial charge on any atom is -0.477 e. The minimum atomic E-state index is -3.20. The van der Waals surface area contributed by atoms with Crippen molar-refractivity contribution < 1.29 is 33.1 Å². The monoisotopic (exact) mass is 530 g/mol. The number of alkyl halides is 2. The zero-order valence-corrected chi connectivity index (χ0v) is 20.8. The van der Waals surface area contributed by atoms with E-state index >= 15 is 0 Å². The lowest BCUT2D eigenvalue weighted by Crippen LogP contribution is -2.66. The van der Waals surface area contributed by atoms with Crippen molar-refractivity contribution in [3.05, 3.63) is 10.6 Å². The fraction of sp³-hybridized carbons (Fsp3) is 0.727. The average Bonchev–Trinajstić information content (AvgIpc) is 3.50. The zero-order chi connectivity index (χ0) is 26.3. The van der Waals surface area contributed by atoms with Crippen LogP contribution in [0.15, 0.2) is 10.6 Å². The van der Waals surface area contributed by atoms with Gasteiger partial charge in [0, 0.05) is 53.8 Å². The number of fused-ring (bicyclic) bond motifs is 1. The van der Waals surface area contributed by atoms with Gasteiger partial charge in [-0.1, -0.05) is 6.92 Å². The standard InChI is InChI=1S/C22H32F2N6O5S/c1-8-15-14(9(2)29-20(32)18(23)24)21(33)30(15)16(22(34)35)17(8)36-12-4-11(26-7-12)6-28-19(31)13-3-10(25)5-27-13/h8-15,18,26-27H,3-7,25H2,1-2H3,(H,28,31)(H,29,32)(H,34,35)/t8-,9?,10+,11+,12+,13+,14-,15-/m1/s1. The van der Waals surface area contributed by atoms with Crippen LogP contribution >= 0.6 is 11.8 Å². The summed E-state index contributed by atoms with van der Waals surface area (Å²) in [6, 6.07) is -1.68. The van der Waals surface area contributed by atoms with Crippen LogP contribution in [0, 0.1) is 11.8 Å². The van der Waals surface area contributed by atoms with Crippen molar-refractivity contribution in [2.24, 2.45) is 17.6 Å². The number of nitrogens with two attached hydrogens (primary N) is 1. The predicted octanol–water partition coefficient (Wildman–Crippen LogP) is -1.20. The molecule has 0 aromatic carbocycles. The third-order valence-electron chi connectivity index (χ3n) is 7.38. The predicted molar refractivity (Wildman–Crippen MR) is 127 cm³/mol. The summed E-state index contributed by atoms with van der Waals surface area (Å²) in [5, 5.41) is 21.4. The van der Waals surface area contributed by atoms with Gasteiger partial charge in [0.25, 0.3) is 5.91 Å². The Morgan fingerprint density at radius 2 is 1.97 bits per heavy atom. The van der Waals surface area contributed by atoms with Crippen LogP contribution in [0.4, 0.5) is 8.78 Å². The number of nitrogens with zero attached hydrogens (tertiary/aromatic N) is 1. The number of thioether (sulfide) groups is 1. The van der Waals surface area contributed by atoms with Gasteiger partial charge < -0.3 is 37.0 Å². The highest BCUT2D eigenvalue weighted by atomic mass is 32.2. The molecule has 200 valence electrons. The van der Waals surface area contributed by atoms with Crippen LogP contribution in [0.2, 0.25) is 0 Å². The van der Waals surface area contributed by atoms with Gasteiger partial charge in [-0.2, -0.15) is 8.78 Å². The summed E-state index contributed by atoms with van der Waals surface area (Å²) in [5.74, 6) is -4.37. The van der Waals surface area contributed by atoms with E-state index in [1.165, 1.54) is 23.6 Å². The summed E-state index contributed by atoms with van der Waals surface area (Å²) in [7, 11) is 0. The molecule has 14 heteroatoms.